The van der Waals surface area contributed by atoms with Crippen LogP contribution in [0.3, 0.4) is 0 Å². The number of hydrogen-bond donors (Lipinski definition) is 3. The van der Waals surface area contributed by atoms with Gasteiger partial charge in [-0.05, 0) is 22.3 Å². The monoisotopic (exact) mass is 470 g/mol. The van der Waals surface area contributed by atoms with Crippen LogP contribution in [0.25, 0.3) is 11.1 Å². The molecule has 0 saturated carbocycles. The van der Waals surface area contributed by atoms with Crippen molar-refractivity contribution in [1.29, 1.82) is 0 Å². The molecule has 2 amide bonds. The average Bonchev–Trinajstić information content (AvgIpc) is 3.16. The van der Waals surface area contributed by atoms with Gasteiger partial charge < -0.3 is 30.0 Å². The summed E-state index contributed by atoms with van der Waals surface area (Å²) >= 11 is 0. The molecule has 0 aromatic heterocycles. The van der Waals surface area contributed by atoms with Crippen LogP contribution < -0.4 is 10.6 Å². The summed E-state index contributed by atoms with van der Waals surface area (Å²) in [5.41, 5.74) is 4.55. The van der Waals surface area contributed by atoms with Crippen LogP contribution in [0.15, 0.2) is 48.5 Å². The lowest BCUT2D eigenvalue weighted by molar-refractivity contribution is -0.140. The summed E-state index contributed by atoms with van der Waals surface area (Å²) in [7, 11) is 2.83. The van der Waals surface area contributed by atoms with Crippen molar-refractivity contribution in [1.82, 2.24) is 10.6 Å². The van der Waals surface area contributed by atoms with Crippen LogP contribution in [0.4, 0.5) is 4.79 Å². The molecule has 2 unspecified atom stereocenters. The summed E-state index contributed by atoms with van der Waals surface area (Å²) in [4.78, 5) is 35.3. The molecular weight excluding hydrogens is 440 g/mol. The maximum absolute atomic E-state index is 12.3. The molecule has 2 atom stereocenters. The van der Waals surface area contributed by atoms with Gasteiger partial charge in [-0.25, -0.2) is 4.79 Å². The molecule has 9 nitrogen and oxygen atoms in total. The molecule has 2 aromatic rings. The zero-order valence-corrected chi connectivity index (χ0v) is 19.3. The molecule has 3 N–H and O–H groups in total. The first-order chi connectivity index (χ1) is 16.4. The minimum atomic E-state index is -1.01. The fraction of sp³-hybridized carbons (Fsp3) is 0.400. The van der Waals surface area contributed by atoms with Crippen LogP contribution in [0, 0.1) is 0 Å². The van der Waals surface area contributed by atoms with Gasteiger partial charge in [-0.2, -0.15) is 0 Å². The maximum atomic E-state index is 12.3. The Kier molecular flexibility index (Phi) is 9.00. The van der Waals surface area contributed by atoms with Crippen LogP contribution in [-0.2, 0) is 23.8 Å². The lowest BCUT2D eigenvalue weighted by Gasteiger charge is -2.18. The van der Waals surface area contributed by atoms with E-state index in [1.54, 1.807) is 0 Å². The van der Waals surface area contributed by atoms with Crippen LogP contribution in [-0.4, -0.2) is 69.2 Å². The third-order valence-electron chi connectivity index (χ3n) is 5.83. The van der Waals surface area contributed by atoms with Crippen LogP contribution in [0.5, 0.6) is 0 Å². The second-order valence-corrected chi connectivity index (χ2v) is 8.03. The molecule has 1 aliphatic carbocycles. The van der Waals surface area contributed by atoms with Crippen molar-refractivity contribution in [3.63, 3.8) is 0 Å². The second-order valence-electron chi connectivity index (χ2n) is 8.03. The zero-order chi connectivity index (χ0) is 24.5. The van der Waals surface area contributed by atoms with E-state index in [1.165, 1.54) is 14.2 Å². The van der Waals surface area contributed by atoms with E-state index in [9.17, 15) is 14.4 Å². The molecule has 0 bridgehead atoms. The molecule has 0 fully saturated rings. The van der Waals surface area contributed by atoms with Crippen molar-refractivity contribution >= 4 is 18.0 Å². The molecule has 182 valence electrons. The number of benzene rings is 2. The molecule has 0 aliphatic heterocycles. The summed E-state index contributed by atoms with van der Waals surface area (Å²) < 4.78 is 15.8. The Balaban J connectivity index is 1.45. The number of aliphatic carboxylic acids is 1. The number of carbonyl (C=O) groups is 3. The van der Waals surface area contributed by atoms with Crippen molar-refractivity contribution < 1.29 is 33.7 Å². The number of nitrogens with one attached hydrogen (secondary N) is 2. The number of ether oxygens (including phenoxy) is 3. The fourth-order valence-corrected chi connectivity index (χ4v) is 4.03. The van der Waals surface area contributed by atoms with Gasteiger partial charge in [0, 0.05) is 33.2 Å². The van der Waals surface area contributed by atoms with Crippen LogP contribution in [0.2, 0.25) is 0 Å². The summed E-state index contributed by atoms with van der Waals surface area (Å²) in [6, 6.07) is 16.2. The summed E-state index contributed by atoms with van der Waals surface area (Å²) in [5, 5.41) is 14.1. The van der Waals surface area contributed by atoms with Crippen molar-refractivity contribution in [3.05, 3.63) is 59.7 Å². The van der Waals surface area contributed by atoms with Gasteiger partial charge in [0.05, 0.1) is 25.0 Å². The molecule has 3 rings (SSSR count). The number of carbonyl (C=O) groups excluding carboxylic acids is 2. The highest BCUT2D eigenvalue weighted by Gasteiger charge is 2.29. The van der Waals surface area contributed by atoms with Crippen LogP contribution >= 0.6 is 0 Å². The first-order valence-corrected chi connectivity index (χ1v) is 11.1. The number of carboxylic acids is 1. The molecule has 0 heterocycles. The summed E-state index contributed by atoms with van der Waals surface area (Å²) in [6.07, 6.45) is -2.01. The van der Waals surface area contributed by atoms with E-state index >= 15 is 0 Å². The second kappa shape index (κ2) is 12.2. The quantitative estimate of drug-likeness (QED) is 0.436. The van der Waals surface area contributed by atoms with Gasteiger partial charge in [-0.1, -0.05) is 48.5 Å². The van der Waals surface area contributed by atoms with E-state index in [-0.39, 0.29) is 44.4 Å². The van der Waals surface area contributed by atoms with Gasteiger partial charge in [0.25, 0.3) is 0 Å². The molecule has 34 heavy (non-hydrogen) atoms. The molecule has 1 aliphatic rings. The Hall–Kier alpha value is -3.43. The van der Waals surface area contributed by atoms with E-state index in [0.717, 1.165) is 22.3 Å². The van der Waals surface area contributed by atoms with Crippen molar-refractivity contribution in [2.24, 2.45) is 0 Å². The van der Waals surface area contributed by atoms with Gasteiger partial charge >= 0.3 is 12.1 Å². The number of carboxylic acid groups (broad SMARTS) is 1. The molecule has 0 saturated heterocycles. The summed E-state index contributed by atoms with van der Waals surface area (Å²) in [5.74, 6) is -1.39. The van der Waals surface area contributed by atoms with E-state index in [2.05, 4.69) is 22.8 Å². The normalized spacial score (nSPS) is 13.9. The highest BCUT2D eigenvalue weighted by atomic mass is 16.5. The van der Waals surface area contributed by atoms with Crippen molar-refractivity contribution in [3.8, 4) is 11.1 Å². The van der Waals surface area contributed by atoms with E-state index in [1.807, 2.05) is 36.4 Å². The predicted molar refractivity (Wildman–Crippen MR) is 125 cm³/mol. The first-order valence-electron chi connectivity index (χ1n) is 11.1. The SMILES string of the molecule is COC(CNC(=O)CC(CNC(=O)OCC1c2ccccc2-c2ccccc21)OC)CC(=O)O. The minimum Gasteiger partial charge on any atom is -0.481 e. The summed E-state index contributed by atoms with van der Waals surface area (Å²) in [6.45, 7) is 0.348. The number of hydrogen-bond acceptors (Lipinski definition) is 6. The zero-order valence-electron chi connectivity index (χ0n) is 19.3. The van der Waals surface area contributed by atoms with E-state index in [4.69, 9.17) is 19.3 Å². The average molecular weight is 471 g/mol. The molecule has 9 heteroatoms. The Morgan fingerprint density at radius 3 is 1.94 bits per heavy atom. The predicted octanol–water partition coefficient (Wildman–Crippen LogP) is 2.54. The topological polar surface area (TPSA) is 123 Å². The Labute approximate surface area is 198 Å². The van der Waals surface area contributed by atoms with Gasteiger partial charge in [0.2, 0.25) is 5.91 Å². The highest BCUT2D eigenvalue weighted by molar-refractivity contribution is 5.79. The third-order valence-corrected chi connectivity index (χ3v) is 5.83. The number of fused-ring (bicyclic) bond motifs is 3. The van der Waals surface area contributed by atoms with Gasteiger partial charge in [0.15, 0.2) is 0 Å². The van der Waals surface area contributed by atoms with Crippen molar-refractivity contribution in [2.45, 2.75) is 31.0 Å². The van der Waals surface area contributed by atoms with Crippen molar-refractivity contribution in [2.75, 3.05) is 33.9 Å². The lowest BCUT2D eigenvalue weighted by atomic mass is 9.98. The Morgan fingerprint density at radius 2 is 1.38 bits per heavy atom. The number of methoxy groups -OCH3 is 2. The Bertz CT molecular complexity index is 965. The highest BCUT2D eigenvalue weighted by Crippen LogP contribution is 2.44. The fourth-order valence-electron chi connectivity index (χ4n) is 4.03. The molecular formula is C25H30N2O7. The molecule has 0 radical (unpaired) electrons. The Morgan fingerprint density at radius 1 is 0.853 bits per heavy atom. The largest absolute Gasteiger partial charge is 0.481 e. The smallest absolute Gasteiger partial charge is 0.407 e. The number of rotatable bonds is 12. The van der Waals surface area contributed by atoms with Gasteiger partial charge in [-0.15, -0.1) is 0 Å². The number of amides is 2. The lowest BCUT2D eigenvalue weighted by Crippen LogP contribution is -2.39. The molecule has 2 aromatic carbocycles. The maximum Gasteiger partial charge on any atom is 0.407 e. The van der Waals surface area contributed by atoms with E-state index in [0.29, 0.717) is 0 Å². The first kappa shape index (κ1) is 25.2. The van der Waals surface area contributed by atoms with Gasteiger partial charge in [0.1, 0.15) is 6.61 Å². The van der Waals surface area contributed by atoms with Crippen LogP contribution in [0.1, 0.15) is 29.9 Å². The number of alkyl carbamates (subject to hydrolysis) is 1. The van der Waals surface area contributed by atoms with Gasteiger partial charge in [-0.3, -0.25) is 9.59 Å². The third kappa shape index (κ3) is 6.55. The minimum absolute atomic E-state index is 0.0103. The molecule has 0 spiro atoms. The van der Waals surface area contributed by atoms with E-state index < -0.39 is 24.3 Å². The standard InChI is InChI=1S/C25H30N2O7/c1-32-16(11-23(28)26-13-17(33-2)12-24(29)30)14-27-25(31)34-15-22-20-9-5-3-7-18(20)19-8-4-6-10-21(19)22/h3-10,16-17,22H,11-15H2,1-2H3,(H,26,28)(H,27,31)(H,29,30).